The second kappa shape index (κ2) is 8.66. The zero-order valence-corrected chi connectivity index (χ0v) is 18.6. The number of anilines is 2. The fourth-order valence-electron chi connectivity index (χ4n) is 4.64. The number of carbonyl (C=O) groups is 2. The Morgan fingerprint density at radius 3 is 2.33 bits per heavy atom. The minimum atomic E-state index is -0.385. The van der Waals surface area contributed by atoms with Crippen molar-refractivity contribution in [1.82, 2.24) is 0 Å². The normalized spacial score (nSPS) is 15.6. The summed E-state index contributed by atoms with van der Waals surface area (Å²) in [4.78, 5) is 30.6. The molecule has 2 aliphatic heterocycles. The molecule has 4 nitrogen and oxygen atoms in total. The molecule has 5 rings (SSSR count). The molecule has 0 bridgehead atoms. The van der Waals surface area contributed by atoms with E-state index in [2.05, 4.69) is 6.92 Å². The number of nitrogens with zero attached hydrogens (tertiary/aromatic N) is 2. The van der Waals surface area contributed by atoms with Crippen molar-refractivity contribution in [3.8, 4) is 0 Å². The highest BCUT2D eigenvalue weighted by molar-refractivity contribution is 6.46. The van der Waals surface area contributed by atoms with Gasteiger partial charge in [0.25, 0.3) is 11.8 Å². The van der Waals surface area contributed by atoms with Gasteiger partial charge in [-0.2, -0.15) is 0 Å². The number of unbranched alkanes of at least 4 members (excludes halogenated alkanes) is 1. The van der Waals surface area contributed by atoms with Crippen LogP contribution in [0.2, 0.25) is 0 Å². The minimum absolute atomic E-state index is 0.312. The van der Waals surface area contributed by atoms with Crippen molar-refractivity contribution >= 4 is 28.8 Å². The van der Waals surface area contributed by atoms with Crippen molar-refractivity contribution in [2.45, 2.75) is 32.6 Å². The lowest BCUT2D eigenvalue weighted by atomic mass is 10.0. The lowest BCUT2D eigenvalue weighted by molar-refractivity contribution is -0.120. The van der Waals surface area contributed by atoms with Crippen molar-refractivity contribution in [2.24, 2.45) is 0 Å². The molecule has 0 fully saturated rings. The predicted octanol–water partition coefficient (Wildman–Crippen LogP) is 5.52. The van der Waals surface area contributed by atoms with Crippen molar-refractivity contribution in [1.29, 1.82) is 0 Å². The third kappa shape index (κ3) is 3.74. The fourth-order valence-corrected chi connectivity index (χ4v) is 4.64. The zero-order chi connectivity index (χ0) is 22.9. The summed E-state index contributed by atoms with van der Waals surface area (Å²) in [7, 11) is 0. The quantitative estimate of drug-likeness (QED) is 0.474. The van der Waals surface area contributed by atoms with Gasteiger partial charge in [-0.1, -0.05) is 55.8 Å². The van der Waals surface area contributed by atoms with Crippen LogP contribution in [0.5, 0.6) is 0 Å². The van der Waals surface area contributed by atoms with Crippen LogP contribution in [0, 0.1) is 5.82 Å². The maximum absolute atomic E-state index is 13.8. The Hall–Kier alpha value is -3.73. The van der Waals surface area contributed by atoms with Crippen molar-refractivity contribution in [3.63, 3.8) is 0 Å². The van der Waals surface area contributed by atoms with E-state index < -0.39 is 0 Å². The van der Waals surface area contributed by atoms with E-state index in [-0.39, 0.29) is 17.6 Å². The highest BCUT2D eigenvalue weighted by Gasteiger charge is 2.44. The minimum Gasteiger partial charge on any atom is -0.336 e. The molecule has 0 saturated heterocycles. The first kappa shape index (κ1) is 21.1. The molecule has 3 aromatic rings. The van der Waals surface area contributed by atoms with Gasteiger partial charge in [-0.3, -0.25) is 9.59 Å². The average molecular weight is 441 g/mol. The van der Waals surface area contributed by atoms with Crippen LogP contribution in [0.15, 0.2) is 78.5 Å². The average Bonchev–Trinajstić information content (AvgIpc) is 3.36. The van der Waals surface area contributed by atoms with Crippen LogP contribution < -0.4 is 9.80 Å². The molecule has 2 amide bonds. The summed E-state index contributed by atoms with van der Waals surface area (Å²) in [5.74, 6) is -1.12. The van der Waals surface area contributed by atoms with Gasteiger partial charge < -0.3 is 4.90 Å². The van der Waals surface area contributed by atoms with Crippen LogP contribution in [-0.4, -0.2) is 18.4 Å². The van der Waals surface area contributed by atoms with Crippen LogP contribution in [0.3, 0.4) is 0 Å². The molecule has 0 aromatic heterocycles. The third-order valence-electron chi connectivity index (χ3n) is 6.36. The summed E-state index contributed by atoms with van der Waals surface area (Å²) >= 11 is 0. The van der Waals surface area contributed by atoms with Gasteiger partial charge in [0.2, 0.25) is 0 Å². The van der Waals surface area contributed by atoms with Crippen LogP contribution in [0.25, 0.3) is 5.57 Å². The molecule has 0 unspecified atom stereocenters. The molecular formula is C28H25FN2O2. The van der Waals surface area contributed by atoms with Gasteiger partial charge in [0.05, 0.1) is 11.3 Å². The van der Waals surface area contributed by atoms with Crippen molar-refractivity contribution in [3.05, 3.63) is 101 Å². The van der Waals surface area contributed by atoms with Crippen LogP contribution in [0.1, 0.15) is 36.5 Å². The number of aryl methyl sites for hydroxylation is 1. The molecular weight excluding hydrogens is 415 g/mol. The van der Waals surface area contributed by atoms with E-state index >= 15 is 0 Å². The fraction of sp³-hybridized carbons (Fsp3) is 0.214. The Bertz CT molecular complexity index is 1250. The molecule has 33 heavy (non-hydrogen) atoms. The standard InChI is InChI=1S/C28H25FN2O2/c1-2-3-6-19-9-15-23(16-10-19)31-27(32)25(21-11-13-22(29)14-12-21)26(28(31)33)30-18-17-20-7-4-5-8-24(20)30/h4-5,7-16H,2-3,6,17-18H2,1H3. The van der Waals surface area contributed by atoms with Gasteiger partial charge >= 0.3 is 0 Å². The smallest absolute Gasteiger partial charge is 0.282 e. The number of amides is 2. The van der Waals surface area contributed by atoms with Gasteiger partial charge in [0, 0.05) is 12.2 Å². The summed E-state index contributed by atoms with van der Waals surface area (Å²) in [5, 5.41) is 0. The number of para-hydroxylation sites is 1. The van der Waals surface area contributed by atoms with Gasteiger partial charge in [-0.25, -0.2) is 9.29 Å². The number of halogens is 1. The maximum atomic E-state index is 13.8. The number of hydrogen-bond acceptors (Lipinski definition) is 3. The number of rotatable bonds is 6. The molecule has 3 aromatic carbocycles. The first-order valence-corrected chi connectivity index (χ1v) is 11.4. The number of carbonyl (C=O) groups excluding carboxylic acids is 2. The van der Waals surface area contributed by atoms with Crippen LogP contribution >= 0.6 is 0 Å². The first-order chi connectivity index (χ1) is 16.1. The summed E-state index contributed by atoms with van der Waals surface area (Å²) in [5.41, 5.74) is 5.01. The highest BCUT2D eigenvalue weighted by Crippen LogP contribution is 2.40. The molecule has 166 valence electrons. The molecule has 2 aliphatic rings. The Morgan fingerprint density at radius 2 is 1.61 bits per heavy atom. The second-order valence-corrected chi connectivity index (χ2v) is 8.48. The molecule has 0 N–H and O–H groups in total. The van der Waals surface area contributed by atoms with Gasteiger partial charge in [-0.05, 0) is 66.3 Å². The molecule has 0 spiro atoms. The zero-order valence-electron chi connectivity index (χ0n) is 18.6. The van der Waals surface area contributed by atoms with E-state index in [9.17, 15) is 14.0 Å². The lowest BCUT2D eigenvalue weighted by Gasteiger charge is -2.22. The molecule has 0 atom stereocenters. The SMILES string of the molecule is CCCCc1ccc(N2C(=O)C(c3ccc(F)cc3)=C(N3CCc4ccccc43)C2=O)cc1. The first-order valence-electron chi connectivity index (χ1n) is 11.4. The van der Waals surface area contributed by atoms with E-state index in [1.165, 1.54) is 22.6 Å². The third-order valence-corrected chi connectivity index (χ3v) is 6.36. The summed E-state index contributed by atoms with van der Waals surface area (Å²) in [6, 6.07) is 21.3. The number of imide groups is 1. The number of benzene rings is 3. The van der Waals surface area contributed by atoms with Crippen molar-refractivity contribution < 1.29 is 14.0 Å². The van der Waals surface area contributed by atoms with E-state index in [0.717, 1.165) is 36.9 Å². The number of fused-ring (bicyclic) bond motifs is 1. The number of hydrogen-bond donors (Lipinski definition) is 0. The predicted molar refractivity (Wildman–Crippen MR) is 128 cm³/mol. The Kier molecular flexibility index (Phi) is 5.55. The summed E-state index contributed by atoms with van der Waals surface area (Å²) < 4.78 is 13.6. The molecule has 0 aliphatic carbocycles. The van der Waals surface area contributed by atoms with E-state index in [4.69, 9.17) is 0 Å². The van der Waals surface area contributed by atoms with Crippen LogP contribution in [0.4, 0.5) is 15.8 Å². The monoisotopic (exact) mass is 440 g/mol. The topological polar surface area (TPSA) is 40.6 Å². The second-order valence-electron chi connectivity index (χ2n) is 8.48. The molecule has 0 saturated carbocycles. The maximum Gasteiger partial charge on any atom is 0.282 e. The highest BCUT2D eigenvalue weighted by atomic mass is 19.1. The largest absolute Gasteiger partial charge is 0.336 e. The van der Waals surface area contributed by atoms with E-state index in [1.807, 2.05) is 53.4 Å². The summed E-state index contributed by atoms with van der Waals surface area (Å²) in [6.45, 7) is 2.76. The molecule has 5 heteroatoms. The molecule has 0 radical (unpaired) electrons. The Labute approximate surface area is 193 Å². The van der Waals surface area contributed by atoms with Gasteiger partial charge in [0.15, 0.2) is 0 Å². The lowest BCUT2D eigenvalue weighted by Crippen LogP contribution is -2.34. The Balaban J connectivity index is 1.58. The molecule has 2 heterocycles. The Morgan fingerprint density at radius 1 is 0.879 bits per heavy atom. The van der Waals surface area contributed by atoms with Crippen LogP contribution in [-0.2, 0) is 22.4 Å². The van der Waals surface area contributed by atoms with Crippen molar-refractivity contribution in [2.75, 3.05) is 16.3 Å². The van der Waals surface area contributed by atoms with E-state index in [0.29, 0.717) is 29.1 Å². The van der Waals surface area contributed by atoms with Gasteiger partial charge in [0.1, 0.15) is 11.5 Å². The van der Waals surface area contributed by atoms with Gasteiger partial charge in [-0.15, -0.1) is 0 Å². The summed E-state index contributed by atoms with van der Waals surface area (Å²) in [6.07, 6.45) is 3.96. The van der Waals surface area contributed by atoms with E-state index in [1.54, 1.807) is 12.1 Å².